The first kappa shape index (κ1) is 11.8. The van der Waals surface area contributed by atoms with Crippen LogP contribution in [-0.4, -0.2) is 27.6 Å². The van der Waals surface area contributed by atoms with Crippen LogP contribution in [0.5, 0.6) is 0 Å². The molecule has 0 radical (unpaired) electrons. The van der Waals surface area contributed by atoms with Crippen molar-refractivity contribution < 1.29 is 4.74 Å². The number of hydrogen-bond acceptors (Lipinski definition) is 5. The Bertz CT molecular complexity index is 520. The van der Waals surface area contributed by atoms with Crippen molar-refractivity contribution in [2.75, 3.05) is 12.3 Å². The molecule has 1 atom stereocenters. The second kappa shape index (κ2) is 4.68. The van der Waals surface area contributed by atoms with Crippen LogP contribution in [-0.2, 0) is 18.4 Å². The van der Waals surface area contributed by atoms with Crippen LogP contribution >= 0.6 is 0 Å². The van der Waals surface area contributed by atoms with Crippen molar-refractivity contribution in [1.82, 2.24) is 15.0 Å². The second-order valence-electron chi connectivity index (χ2n) is 4.26. The summed E-state index contributed by atoms with van der Waals surface area (Å²) in [5.41, 5.74) is 14.8. The van der Waals surface area contributed by atoms with Crippen LogP contribution in [0.25, 0.3) is 11.0 Å². The van der Waals surface area contributed by atoms with Crippen LogP contribution in [0.4, 0.5) is 5.69 Å². The molecule has 0 amide bonds. The van der Waals surface area contributed by atoms with Gasteiger partial charge in [-0.3, -0.25) is 0 Å². The molecule has 0 saturated heterocycles. The Balaban J connectivity index is 2.20. The molecule has 2 rings (SSSR count). The number of nitrogen functional groups attached to an aromatic ring is 1. The molecule has 1 heterocycles. The number of benzene rings is 1. The van der Waals surface area contributed by atoms with Crippen LogP contribution < -0.4 is 11.5 Å². The maximum atomic E-state index is 5.91. The molecule has 92 valence electrons. The molecule has 0 fully saturated rings. The first-order valence-electron chi connectivity index (χ1n) is 5.49. The summed E-state index contributed by atoms with van der Waals surface area (Å²) >= 11 is 0. The Hall–Kier alpha value is -1.66. The molecule has 2 aromatic rings. The van der Waals surface area contributed by atoms with E-state index in [4.69, 9.17) is 16.2 Å². The number of anilines is 1. The van der Waals surface area contributed by atoms with Gasteiger partial charge >= 0.3 is 0 Å². The molecule has 0 spiro atoms. The summed E-state index contributed by atoms with van der Waals surface area (Å²) in [7, 11) is 1.83. The van der Waals surface area contributed by atoms with E-state index in [1.54, 1.807) is 4.68 Å². The molecule has 0 aliphatic rings. The van der Waals surface area contributed by atoms with Crippen LogP contribution in [0.2, 0.25) is 0 Å². The molecular weight excluding hydrogens is 218 g/mol. The van der Waals surface area contributed by atoms with Crippen molar-refractivity contribution in [3.05, 3.63) is 17.7 Å². The summed E-state index contributed by atoms with van der Waals surface area (Å²) in [5.74, 6) is 0. The molecule has 0 aliphatic carbocycles. The van der Waals surface area contributed by atoms with Gasteiger partial charge < -0.3 is 16.2 Å². The summed E-state index contributed by atoms with van der Waals surface area (Å²) < 4.78 is 7.17. The van der Waals surface area contributed by atoms with E-state index in [9.17, 15) is 0 Å². The normalized spacial score (nSPS) is 13.1. The summed E-state index contributed by atoms with van der Waals surface area (Å²) in [6.07, 6.45) is 0. The topological polar surface area (TPSA) is 92.0 Å². The van der Waals surface area contributed by atoms with Gasteiger partial charge in [-0.2, -0.15) is 0 Å². The average Bonchev–Trinajstić information content (AvgIpc) is 2.61. The molecular formula is C11H17N5O. The van der Waals surface area contributed by atoms with Gasteiger partial charge in [0.05, 0.1) is 24.4 Å². The first-order chi connectivity index (χ1) is 8.08. The first-order valence-corrected chi connectivity index (χ1v) is 5.49. The summed E-state index contributed by atoms with van der Waals surface area (Å²) in [5, 5.41) is 7.93. The number of nitrogens with two attached hydrogens (primary N) is 2. The fourth-order valence-corrected chi connectivity index (χ4v) is 1.66. The lowest BCUT2D eigenvalue weighted by Gasteiger charge is -2.08. The van der Waals surface area contributed by atoms with Gasteiger partial charge in [-0.1, -0.05) is 5.21 Å². The summed E-state index contributed by atoms with van der Waals surface area (Å²) in [4.78, 5) is 0. The largest absolute Gasteiger partial charge is 0.397 e. The lowest BCUT2D eigenvalue weighted by atomic mass is 10.2. The fraction of sp³-hybridized carbons (Fsp3) is 0.455. The molecule has 1 aromatic heterocycles. The highest BCUT2D eigenvalue weighted by atomic mass is 16.5. The molecule has 0 bridgehead atoms. The summed E-state index contributed by atoms with van der Waals surface area (Å²) in [6.45, 7) is 2.93. The number of aryl methyl sites for hydroxylation is 1. The average molecular weight is 235 g/mol. The smallest absolute Gasteiger partial charge is 0.136 e. The van der Waals surface area contributed by atoms with Crippen LogP contribution in [0.15, 0.2) is 12.1 Å². The van der Waals surface area contributed by atoms with E-state index in [1.807, 2.05) is 26.1 Å². The van der Waals surface area contributed by atoms with Gasteiger partial charge in [0.1, 0.15) is 5.52 Å². The van der Waals surface area contributed by atoms with Crippen molar-refractivity contribution in [1.29, 1.82) is 0 Å². The molecule has 6 nitrogen and oxygen atoms in total. The van der Waals surface area contributed by atoms with Gasteiger partial charge in [-0.05, 0) is 24.6 Å². The SMILES string of the molecule is C[C@@H](N)COCc1cc(N)c2nnn(C)c2c1. The Labute approximate surface area is 99.5 Å². The van der Waals surface area contributed by atoms with E-state index in [0.29, 0.717) is 18.9 Å². The number of ether oxygens (including phenoxy) is 1. The summed E-state index contributed by atoms with van der Waals surface area (Å²) in [6, 6.07) is 3.87. The van der Waals surface area contributed by atoms with Gasteiger partial charge in [-0.25, -0.2) is 4.68 Å². The monoisotopic (exact) mass is 235 g/mol. The predicted octanol–water partition coefficient (Wildman–Crippen LogP) is 0.414. The molecule has 0 unspecified atom stereocenters. The van der Waals surface area contributed by atoms with E-state index in [1.165, 1.54) is 0 Å². The third-order valence-electron chi connectivity index (χ3n) is 2.46. The minimum absolute atomic E-state index is 0.0365. The van der Waals surface area contributed by atoms with Crippen molar-refractivity contribution in [3.8, 4) is 0 Å². The van der Waals surface area contributed by atoms with Gasteiger partial charge in [-0.15, -0.1) is 5.10 Å². The Kier molecular flexibility index (Phi) is 3.26. The van der Waals surface area contributed by atoms with Crippen LogP contribution in [0.3, 0.4) is 0 Å². The fourth-order valence-electron chi connectivity index (χ4n) is 1.66. The number of rotatable bonds is 4. The molecule has 0 aliphatic heterocycles. The number of fused-ring (bicyclic) bond motifs is 1. The third-order valence-corrected chi connectivity index (χ3v) is 2.46. The van der Waals surface area contributed by atoms with E-state index in [2.05, 4.69) is 10.3 Å². The minimum atomic E-state index is 0.0365. The van der Waals surface area contributed by atoms with E-state index < -0.39 is 0 Å². The van der Waals surface area contributed by atoms with Gasteiger partial charge in [0.15, 0.2) is 0 Å². The van der Waals surface area contributed by atoms with Crippen molar-refractivity contribution >= 4 is 16.7 Å². The molecule has 1 aromatic carbocycles. The van der Waals surface area contributed by atoms with Crippen molar-refractivity contribution in [2.24, 2.45) is 12.8 Å². The Morgan fingerprint density at radius 1 is 1.47 bits per heavy atom. The van der Waals surface area contributed by atoms with Crippen LogP contribution in [0, 0.1) is 0 Å². The zero-order valence-corrected chi connectivity index (χ0v) is 10.1. The lowest BCUT2D eigenvalue weighted by Crippen LogP contribution is -2.21. The molecule has 4 N–H and O–H groups in total. The highest BCUT2D eigenvalue weighted by Gasteiger charge is 2.07. The van der Waals surface area contributed by atoms with E-state index in [-0.39, 0.29) is 6.04 Å². The van der Waals surface area contributed by atoms with Gasteiger partial charge in [0, 0.05) is 13.1 Å². The van der Waals surface area contributed by atoms with Crippen molar-refractivity contribution in [2.45, 2.75) is 19.6 Å². The van der Waals surface area contributed by atoms with E-state index >= 15 is 0 Å². The quantitative estimate of drug-likeness (QED) is 0.749. The number of hydrogen-bond donors (Lipinski definition) is 2. The zero-order valence-electron chi connectivity index (χ0n) is 10.1. The molecule has 6 heteroatoms. The highest BCUT2D eigenvalue weighted by Crippen LogP contribution is 2.20. The van der Waals surface area contributed by atoms with E-state index in [0.717, 1.165) is 16.6 Å². The number of aromatic nitrogens is 3. The Morgan fingerprint density at radius 2 is 2.24 bits per heavy atom. The molecule has 0 saturated carbocycles. The maximum Gasteiger partial charge on any atom is 0.136 e. The zero-order chi connectivity index (χ0) is 12.4. The van der Waals surface area contributed by atoms with Gasteiger partial charge in [0.2, 0.25) is 0 Å². The molecule has 17 heavy (non-hydrogen) atoms. The van der Waals surface area contributed by atoms with Gasteiger partial charge in [0.25, 0.3) is 0 Å². The Morgan fingerprint density at radius 3 is 2.94 bits per heavy atom. The lowest BCUT2D eigenvalue weighted by molar-refractivity contribution is 0.111. The second-order valence-corrected chi connectivity index (χ2v) is 4.26. The number of nitrogens with zero attached hydrogens (tertiary/aromatic N) is 3. The third kappa shape index (κ3) is 2.54. The standard InChI is InChI=1S/C11H17N5O/c1-7(12)5-17-6-8-3-9(13)11-10(4-8)16(2)15-14-11/h3-4,7H,5-6,12-13H2,1-2H3/t7-/m1/s1. The highest BCUT2D eigenvalue weighted by molar-refractivity contribution is 5.87. The maximum absolute atomic E-state index is 5.91. The predicted molar refractivity (Wildman–Crippen MR) is 66.2 cm³/mol. The minimum Gasteiger partial charge on any atom is -0.397 e. The van der Waals surface area contributed by atoms with Crippen molar-refractivity contribution in [3.63, 3.8) is 0 Å². The van der Waals surface area contributed by atoms with Crippen LogP contribution in [0.1, 0.15) is 12.5 Å².